The van der Waals surface area contributed by atoms with E-state index >= 15 is 0 Å². The summed E-state index contributed by atoms with van der Waals surface area (Å²) in [5.74, 6) is 1.16. The van der Waals surface area contributed by atoms with Crippen LogP contribution in [0.3, 0.4) is 0 Å². The Hall–Kier alpha value is -3.72. The highest BCUT2D eigenvalue weighted by Gasteiger charge is 2.39. The predicted molar refractivity (Wildman–Crippen MR) is 123 cm³/mol. The molecule has 9 nitrogen and oxygen atoms in total. The number of aromatic nitrogens is 2. The maximum Gasteiger partial charge on any atom is 0.332 e. The lowest BCUT2D eigenvalue weighted by atomic mass is 9.87. The van der Waals surface area contributed by atoms with Crippen LogP contribution in [0.2, 0.25) is 0 Å². The van der Waals surface area contributed by atoms with E-state index in [0.717, 1.165) is 20.6 Å². The van der Waals surface area contributed by atoms with Crippen molar-refractivity contribution in [3.05, 3.63) is 73.4 Å². The van der Waals surface area contributed by atoms with E-state index in [2.05, 4.69) is 18.8 Å². The Morgan fingerprint density at radius 2 is 1.91 bits per heavy atom. The molecular formula is C25H27N3O6. The van der Waals surface area contributed by atoms with Crippen molar-refractivity contribution in [2.45, 2.75) is 32.2 Å². The fourth-order valence-electron chi connectivity index (χ4n) is 4.94. The molecule has 178 valence electrons. The van der Waals surface area contributed by atoms with E-state index in [4.69, 9.17) is 14.2 Å². The number of nitrogens with one attached hydrogen (secondary N) is 2. The van der Waals surface area contributed by atoms with E-state index in [1.807, 2.05) is 25.2 Å². The predicted octanol–water partition coefficient (Wildman–Crippen LogP) is 0.620. The highest BCUT2D eigenvalue weighted by molar-refractivity contribution is 5.62. The molecule has 3 aromatic rings. The van der Waals surface area contributed by atoms with Crippen LogP contribution in [0.5, 0.6) is 23.1 Å². The van der Waals surface area contributed by atoms with Crippen LogP contribution in [0.4, 0.5) is 0 Å². The van der Waals surface area contributed by atoms with Crippen LogP contribution in [-0.2, 0) is 6.42 Å². The first kappa shape index (κ1) is 22.1. The number of fused-ring (bicyclic) bond motifs is 2. The largest absolute Gasteiger partial charge is 0.859 e. The molecule has 0 spiro atoms. The minimum absolute atomic E-state index is 0.0110. The van der Waals surface area contributed by atoms with Crippen molar-refractivity contribution >= 4 is 0 Å². The van der Waals surface area contributed by atoms with Crippen LogP contribution < -0.4 is 35.5 Å². The second-order valence-electron chi connectivity index (χ2n) is 9.06. The molecule has 2 unspecified atom stereocenters. The number of aromatic amines is 1. The van der Waals surface area contributed by atoms with Gasteiger partial charge < -0.3 is 24.2 Å². The monoisotopic (exact) mass is 465 g/mol. The third-order valence-corrected chi connectivity index (χ3v) is 6.73. The van der Waals surface area contributed by atoms with E-state index in [1.165, 1.54) is 7.11 Å². The summed E-state index contributed by atoms with van der Waals surface area (Å²) in [6, 6.07) is 8.46. The van der Waals surface area contributed by atoms with E-state index in [0.29, 0.717) is 47.4 Å². The number of ether oxygens (including phenoxy) is 3. The third kappa shape index (κ3) is 3.35. The van der Waals surface area contributed by atoms with Crippen LogP contribution >= 0.6 is 0 Å². The third-order valence-electron chi connectivity index (χ3n) is 6.73. The average molecular weight is 466 g/mol. The number of nitrogens with zero attached hydrogens (tertiary/aromatic N) is 1. The summed E-state index contributed by atoms with van der Waals surface area (Å²) in [5.41, 5.74) is 1.66. The van der Waals surface area contributed by atoms with Gasteiger partial charge in [-0.05, 0) is 41.1 Å². The summed E-state index contributed by atoms with van der Waals surface area (Å²) < 4.78 is 17.9. The molecule has 34 heavy (non-hydrogen) atoms. The van der Waals surface area contributed by atoms with Gasteiger partial charge in [0, 0.05) is 12.1 Å². The van der Waals surface area contributed by atoms with Crippen LogP contribution in [0, 0.1) is 0 Å². The molecule has 0 saturated heterocycles. The van der Waals surface area contributed by atoms with Crippen molar-refractivity contribution in [2.75, 3.05) is 27.5 Å². The first-order chi connectivity index (χ1) is 16.3. The zero-order chi connectivity index (χ0) is 24.1. The minimum atomic E-state index is -0.762. The molecule has 2 aliphatic rings. The molecule has 0 saturated carbocycles. The van der Waals surface area contributed by atoms with Crippen molar-refractivity contribution in [2.24, 2.45) is 0 Å². The van der Waals surface area contributed by atoms with E-state index < -0.39 is 23.2 Å². The molecule has 1 aromatic heterocycles. The van der Waals surface area contributed by atoms with E-state index in [9.17, 15) is 14.7 Å². The van der Waals surface area contributed by atoms with Crippen molar-refractivity contribution in [3.63, 3.8) is 0 Å². The van der Waals surface area contributed by atoms with Gasteiger partial charge in [0.15, 0.2) is 11.5 Å². The fraction of sp³-hybridized carbons (Fsp3) is 0.360. The molecule has 2 aromatic carbocycles. The second-order valence-corrected chi connectivity index (χ2v) is 9.06. The number of quaternary nitrogens is 1. The molecule has 0 fully saturated rings. The highest BCUT2D eigenvalue weighted by atomic mass is 16.7. The van der Waals surface area contributed by atoms with Crippen LogP contribution in [0.25, 0.3) is 5.69 Å². The van der Waals surface area contributed by atoms with Gasteiger partial charge in [-0.25, -0.2) is 4.79 Å². The number of hydrogen-bond acceptors (Lipinski definition) is 6. The fourth-order valence-corrected chi connectivity index (χ4v) is 4.94. The standard InChI is InChI=1S/C25H27N3O6/c1-13(2)14-5-7-16(8-6-14)28-24(30)19(23(29)26-25(28)31)20-18-15(9-10-27(20)3)11-17-21(22(18)32-4)34-12-33-17/h5-8,11,13,20,30H,9-10,12H2,1-4H3,(H,26,29,31). The van der Waals surface area contributed by atoms with Crippen LogP contribution in [0.15, 0.2) is 39.9 Å². The molecule has 2 N–H and O–H groups in total. The Bertz CT molecular complexity index is 1370. The van der Waals surface area contributed by atoms with E-state index in [1.54, 1.807) is 12.1 Å². The summed E-state index contributed by atoms with van der Waals surface area (Å²) in [6.07, 6.45) is 0.715. The first-order valence-electron chi connectivity index (χ1n) is 11.3. The zero-order valence-corrected chi connectivity index (χ0v) is 19.6. The average Bonchev–Trinajstić information content (AvgIpc) is 3.27. The van der Waals surface area contributed by atoms with Crippen LogP contribution in [0.1, 0.15) is 48.1 Å². The minimum Gasteiger partial charge on any atom is -0.859 e. The maximum atomic E-state index is 13.8. The zero-order valence-electron chi connectivity index (χ0n) is 19.6. The number of likely N-dealkylation sites (N-methyl/N-ethyl adjacent to an activating group) is 1. The number of rotatable bonds is 4. The summed E-state index contributed by atoms with van der Waals surface area (Å²) in [5, 5.41) is 13.8. The van der Waals surface area contributed by atoms with Crippen molar-refractivity contribution in [1.82, 2.24) is 9.55 Å². The Kier molecular flexibility index (Phi) is 5.36. The Labute approximate surface area is 196 Å². The SMILES string of the molecule is COc1c2c(cc3c1C(c1c([O-])n(-c4ccc(C(C)C)cc4)c(=O)[nH]c1=O)[NH+](C)CC3)OCO2. The molecule has 0 aliphatic carbocycles. The highest BCUT2D eigenvalue weighted by Crippen LogP contribution is 2.48. The smallest absolute Gasteiger partial charge is 0.332 e. The van der Waals surface area contributed by atoms with Gasteiger partial charge in [-0.2, -0.15) is 0 Å². The topological polar surface area (TPSA) is 110 Å². The summed E-state index contributed by atoms with van der Waals surface area (Å²) in [6.45, 7) is 4.89. The van der Waals surface area contributed by atoms with Gasteiger partial charge in [0.2, 0.25) is 12.5 Å². The molecule has 2 aliphatic heterocycles. The number of hydrogen-bond donors (Lipinski definition) is 2. The van der Waals surface area contributed by atoms with Crippen molar-refractivity contribution < 1.29 is 24.2 Å². The number of H-pyrrole nitrogens is 1. The van der Waals surface area contributed by atoms with Gasteiger partial charge >= 0.3 is 5.69 Å². The Morgan fingerprint density at radius 3 is 2.59 bits per heavy atom. The second kappa shape index (κ2) is 8.25. The molecule has 2 atom stereocenters. The van der Waals surface area contributed by atoms with Crippen molar-refractivity contribution in [3.8, 4) is 28.8 Å². The molecular weight excluding hydrogens is 438 g/mol. The van der Waals surface area contributed by atoms with Gasteiger partial charge in [-0.1, -0.05) is 26.0 Å². The Balaban J connectivity index is 1.74. The van der Waals surface area contributed by atoms with Crippen LogP contribution in [-0.4, -0.2) is 37.0 Å². The molecule has 0 radical (unpaired) electrons. The molecule has 9 heteroatoms. The normalized spacial score (nSPS) is 18.7. The lowest BCUT2D eigenvalue weighted by Crippen LogP contribution is -3.10. The lowest BCUT2D eigenvalue weighted by molar-refractivity contribution is -0.908. The quantitative estimate of drug-likeness (QED) is 0.585. The number of methoxy groups -OCH3 is 1. The first-order valence-corrected chi connectivity index (χ1v) is 11.3. The van der Waals surface area contributed by atoms with Gasteiger partial charge in [0.1, 0.15) is 6.04 Å². The van der Waals surface area contributed by atoms with Crippen molar-refractivity contribution in [1.29, 1.82) is 0 Å². The number of benzene rings is 2. The lowest BCUT2D eigenvalue weighted by Gasteiger charge is -2.35. The van der Waals surface area contributed by atoms with Gasteiger partial charge in [-0.3, -0.25) is 14.3 Å². The van der Waals surface area contributed by atoms with Gasteiger partial charge in [0.25, 0.3) is 5.56 Å². The molecule has 0 amide bonds. The van der Waals surface area contributed by atoms with Gasteiger partial charge in [0.05, 0.1) is 31.8 Å². The molecule has 0 bridgehead atoms. The maximum absolute atomic E-state index is 13.8. The summed E-state index contributed by atoms with van der Waals surface area (Å²) in [4.78, 5) is 29.2. The molecule has 5 rings (SSSR count). The summed E-state index contributed by atoms with van der Waals surface area (Å²) >= 11 is 0. The van der Waals surface area contributed by atoms with Gasteiger partial charge in [-0.15, -0.1) is 0 Å². The summed E-state index contributed by atoms with van der Waals surface area (Å²) in [7, 11) is 3.45. The molecule has 3 heterocycles. The Morgan fingerprint density at radius 1 is 1.18 bits per heavy atom. The van der Waals surface area contributed by atoms with E-state index in [-0.39, 0.29) is 12.4 Å².